The van der Waals surface area contributed by atoms with E-state index in [0.29, 0.717) is 32.6 Å². The topological polar surface area (TPSA) is 40.6 Å². The van der Waals surface area contributed by atoms with Crippen LogP contribution in [0.2, 0.25) is 0 Å². The van der Waals surface area contributed by atoms with Crippen molar-refractivity contribution in [2.24, 2.45) is 5.41 Å². The normalized spacial score (nSPS) is 22.0. The Balaban J connectivity index is 1.87. The van der Waals surface area contributed by atoms with E-state index in [4.69, 9.17) is 0 Å². The number of nitrogens with zero attached hydrogens (tertiary/aromatic N) is 2. The zero-order chi connectivity index (χ0) is 16.3. The third-order valence-corrected chi connectivity index (χ3v) is 5.35. The van der Waals surface area contributed by atoms with Crippen molar-refractivity contribution < 1.29 is 9.59 Å². The van der Waals surface area contributed by atoms with Crippen LogP contribution in [-0.2, 0) is 9.59 Å². The molecule has 0 bridgehead atoms. The number of carbonyl (C=O) groups is 2. The average Bonchev–Trinajstić information content (AvgIpc) is 2.46. The van der Waals surface area contributed by atoms with Crippen molar-refractivity contribution in [2.75, 3.05) is 26.2 Å². The highest BCUT2D eigenvalue weighted by atomic mass is 16.2. The van der Waals surface area contributed by atoms with E-state index in [1.165, 1.54) is 30.4 Å². The van der Waals surface area contributed by atoms with Gasteiger partial charge in [-0.1, -0.05) is 25.0 Å². The number of amides is 2. The molecule has 1 aliphatic carbocycles. The number of piperazine rings is 1. The highest BCUT2D eigenvalue weighted by molar-refractivity contribution is 5.77. The van der Waals surface area contributed by atoms with Crippen molar-refractivity contribution in [1.82, 2.24) is 9.80 Å². The van der Waals surface area contributed by atoms with Crippen LogP contribution >= 0.6 is 0 Å². The van der Waals surface area contributed by atoms with Gasteiger partial charge in [-0.2, -0.15) is 0 Å². The van der Waals surface area contributed by atoms with Gasteiger partial charge >= 0.3 is 0 Å². The van der Waals surface area contributed by atoms with Crippen LogP contribution in [0.25, 0.3) is 0 Å². The van der Waals surface area contributed by atoms with Gasteiger partial charge in [0, 0.05) is 39.5 Å². The SMILES string of the molecule is CC(=O)N1CCN(C(=O)CCC2=C(C)CCCC2(C)C)CC1. The Labute approximate surface area is 134 Å². The van der Waals surface area contributed by atoms with Crippen molar-refractivity contribution >= 4 is 11.8 Å². The Hall–Kier alpha value is -1.32. The molecular formula is C18H30N2O2. The summed E-state index contributed by atoms with van der Waals surface area (Å²) in [5, 5.41) is 0. The van der Waals surface area contributed by atoms with E-state index in [0.717, 1.165) is 6.42 Å². The largest absolute Gasteiger partial charge is 0.339 e. The standard InChI is InChI=1S/C18H30N2O2/c1-14-6-5-9-18(3,4)16(14)7-8-17(22)20-12-10-19(11-13-20)15(2)21/h5-13H2,1-4H3. The van der Waals surface area contributed by atoms with Crippen molar-refractivity contribution in [3.8, 4) is 0 Å². The summed E-state index contributed by atoms with van der Waals surface area (Å²) < 4.78 is 0. The Bertz CT molecular complexity index is 471. The highest BCUT2D eigenvalue weighted by Crippen LogP contribution is 2.42. The monoisotopic (exact) mass is 306 g/mol. The third kappa shape index (κ3) is 3.90. The van der Waals surface area contributed by atoms with Crippen molar-refractivity contribution in [3.63, 3.8) is 0 Å². The lowest BCUT2D eigenvalue weighted by Crippen LogP contribution is -2.50. The van der Waals surface area contributed by atoms with Gasteiger partial charge in [0.2, 0.25) is 11.8 Å². The van der Waals surface area contributed by atoms with Crippen molar-refractivity contribution in [2.45, 2.75) is 59.8 Å². The molecule has 124 valence electrons. The minimum absolute atomic E-state index is 0.108. The van der Waals surface area contributed by atoms with Gasteiger partial charge < -0.3 is 9.80 Å². The van der Waals surface area contributed by atoms with Crippen LogP contribution in [0.15, 0.2) is 11.1 Å². The minimum atomic E-state index is 0.108. The molecule has 1 saturated heterocycles. The number of hydrogen-bond acceptors (Lipinski definition) is 2. The molecule has 1 fully saturated rings. The molecule has 0 saturated carbocycles. The zero-order valence-corrected chi connectivity index (χ0v) is 14.6. The van der Waals surface area contributed by atoms with Crippen molar-refractivity contribution in [3.05, 3.63) is 11.1 Å². The summed E-state index contributed by atoms with van der Waals surface area (Å²) in [5.41, 5.74) is 3.23. The molecule has 2 rings (SSSR count). The lowest BCUT2D eigenvalue weighted by molar-refractivity contribution is -0.138. The maximum Gasteiger partial charge on any atom is 0.223 e. The molecule has 0 unspecified atom stereocenters. The molecule has 1 aliphatic heterocycles. The van der Waals surface area contributed by atoms with E-state index in [1.54, 1.807) is 6.92 Å². The van der Waals surface area contributed by atoms with Crippen LogP contribution in [0.5, 0.6) is 0 Å². The van der Waals surface area contributed by atoms with Crippen LogP contribution in [0.4, 0.5) is 0 Å². The van der Waals surface area contributed by atoms with E-state index in [1.807, 2.05) is 9.80 Å². The lowest BCUT2D eigenvalue weighted by atomic mass is 9.71. The highest BCUT2D eigenvalue weighted by Gasteiger charge is 2.29. The molecule has 22 heavy (non-hydrogen) atoms. The van der Waals surface area contributed by atoms with Gasteiger partial charge in [-0.05, 0) is 38.0 Å². The fourth-order valence-electron chi connectivity index (χ4n) is 3.89. The second kappa shape index (κ2) is 6.84. The van der Waals surface area contributed by atoms with Crippen LogP contribution in [-0.4, -0.2) is 47.8 Å². The third-order valence-electron chi connectivity index (χ3n) is 5.35. The number of allylic oxidation sites excluding steroid dienone is 2. The minimum Gasteiger partial charge on any atom is -0.339 e. The van der Waals surface area contributed by atoms with Gasteiger partial charge in [0.05, 0.1) is 0 Å². The summed E-state index contributed by atoms with van der Waals surface area (Å²) in [6.45, 7) is 11.1. The van der Waals surface area contributed by atoms with Gasteiger partial charge in [0.25, 0.3) is 0 Å². The molecule has 4 nitrogen and oxygen atoms in total. The Morgan fingerprint density at radius 2 is 1.68 bits per heavy atom. The molecule has 0 N–H and O–H groups in total. The van der Waals surface area contributed by atoms with Crippen LogP contribution < -0.4 is 0 Å². The molecular weight excluding hydrogens is 276 g/mol. The summed E-state index contributed by atoms with van der Waals surface area (Å²) in [7, 11) is 0. The summed E-state index contributed by atoms with van der Waals surface area (Å²) in [6.07, 6.45) is 5.18. The first-order chi connectivity index (χ1) is 10.3. The lowest BCUT2D eigenvalue weighted by Gasteiger charge is -2.36. The first-order valence-electron chi connectivity index (χ1n) is 8.53. The Morgan fingerprint density at radius 3 is 2.23 bits per heavy atom. The van der Waals surface area contributed by atoms with E-state index in [9.17, 15) is 9.59 Å². The predicted molar refractivity (Wildman–Crippen MR) is 88.4 cm³/mol. The average molecular weight is 306 g/mol. The maximum absolute atomic E-state index is 12.4. The Morgan fingerprint density at radius 1 is 1.09 bits per heavy atom. The first-order valence-corrected chi connectivity index (χ1v) is 8.53. The summed E-state index contributed by atoms with van der Waals surface area (Å²) in [6, 6.07) is 0. The smallest absolute Gasteiger partial charge is 0.223 e. The second-order valence-electron chi connectivity index (χ2n) is 7.38. The molecule has 0 aromatic carbocycles. The van der Waals surface area contributed by atoms with Gasteiger partial charge in [0.15, 0.2) is 0 Å². The maximum atomic E-state index is 12.4. The van der Waals surface area contributed by atoms with E-state index < -0.39 is 0 Å². The fraction of sp³-hybridized carbons (Fsp3) is 0.778. The van der Waals surface area contributed by atoms with E-state index in [2.05, 4.69) is 20.8 Å². The molecule has 4 heteroatoms. The Kier molecular flexibility index (Phi) is 5.30. The fourth-order valence-corrected chi connectivity index (χ4v) is 3.89. The van der Waals surface area contributed by atoms with E-state index >= 15 is 0 Å². The number of hydrogen-bond donors (Lipinski definition) is 0. The quantitative estimate of drug-likeness (QED) is 0.752. The number of carbonyl (C=O) groups excluding carboxylic acids is 2. The van der Waals surface area contributed by atoms with Gasteiger partial charge in [-0.3, -0.25) is 9.59 Å². The summed E-state index contributed by atoms with van der Waals surface area (Å²) in [5.74, 6) is 0.349. The second-order valence-corrected chi connectivity index (χ2v) is 7.38. The zero-order valence-electron chi connectivity index (χ0n) is 14.6. The molecule has 0 aromatic heterocycles. The van der Waals surface area contributed by atoms with Gasteiger partial charge in [-0.25, -0.2) is 0 Å². The number of rotatable bonds is 3. The van der Waals surface area contributed by atoms with Crippen molar-refractivity contribution in [1.29, 1.82) is 0 Å². The van der Waals surface area contributed by atoms with Crippen LogP contribution in [0.1, 0.15) is 59.8 Å². The van der Waals surface area contributed by atoms with Gasteiger partial charge in [0.1, 0.15) is 0 Å². The summed E-state index contributed by atoms with van der Waals surface area (Å²) >= 11 is 0. The molecule has 2 aliphatic rings. The van der Waals surface area contributed by atoms with Crippen LogP contribution in [0.3, 0.4) is 0 Å². The predicted octanol–water partition coefficient (Wildman–Crippen LogP) is 2.98. The molecule has 0 aromatic rings. The van der Waals surface area contributed by atoms with E-state index in [-0.39, 0.29) is 17.2 Å². The molecule has 0 spiro atoms. The van der Waals surface area contributed by atoms with Crippen LogP contribution in [0, 0.1) is 5.41 Å². The summed E-state index contributed by atoms with van der Waals surface area (Å²) in [4.78, 5) is 27.5. The molecule has 0 atom stereocenters. The molecule has 2 amide bonds. The van der Waals surface area contributed by atoms with Gasteiger partial charge in [-0.15, -0.1) is 0 Å². The first kappa shape index (κ1) is 17.0. The molecule has 0 radical (unpaired) electrons. The molecule has 1 heterocycles.